The van der Waals surface area contributed by atoms with Crippen molar-refractivity contribution in [2.75, 3.05) is 0 Å². The summed E-state index contributed by atoms with van der Waals surface area (Å²) in [6.45, 7) is 4.10. The number of nitrogens with zero attached hydrogens (tertiary/aromatic N) is 2. The first-order valence-electron chi connectivity index (χ1n) is 7.84. The predicted molar refractivity (Wildman–Crippen MR) is 99.6 cm³/mol. The summed E-state index contributed by atoms with van der Waals surface area (Å²) < 4.78 is 7.34. The zero-order valence-corrected chi connectivity index (χ0v) is 14.1. The van der Waals surface area contributed by atoms with Crippen LogP contribution in [0.15, 0.2) is 53.1 Å². The van der Waals surface area contributed by atoms with E-state index in [9.17, 15) is 0 Å². The number of fused-ring (bicyclic) bond motifs is 4. The highest BCUT2D eigenvalue weighted by atomic mass is 32.1. The van der Waals surface area contributed by atoms with Crippen LogP contribution in [0.4, 0.5) is 0 Å². The minimum atomic E-state index is 0.686. The molecule has 0 aliphatic carbocycles. The van der Waals surface area contributed by atoms with Crippen LogP contribution in [0.1, 0.15) is 10.6 Å². The Bertz CT molecular complexity index is 1230. The van der Waals surface area contributed by atoms with Crippen molar-refractivity contribution in [1.82, 2.24) is 9.97 Å². The number of rotatable bonds is 1. The number of benzene rings is 1. The molecule has 4 heteroatoms. The molecule has 5 rings (SSSR count). The van der Waals surface area contributed by atoms with Crippen LogP contribution in [0.25, 0.3) is 43.4 Å². The fourth-order valence-electron chi connectivity index (χ4n) is 3.19. The van der Waals surface area contributed by atoms with Crippen LogP contribution >= 0.6 is 11.3 Å². The van der Waals surface area contributed by atoms with E-state index in [2.05, 4.69) is 53.3 Å². The second-order valence-electron chi connectivity index (χ2n) is 6.05. The maximum absolute atomic E-state index is 6.09. The van der Waals surface area contributed by atoms with Gasteiger partial charge in [0.05, 0.1) is 5.69 Å². The van der Waals surface area contributed by atoms with Crippen LogP contribution in [-0.4, -0.2) is 9.97 Å². The highest BCUT2D eigenvalue weighted by Crippen LogP contribution is 2.36. The molecule has 0 atom stereocenters. The normalized spacial score (nSPS) is 11.8. The monoisotopic (exact) mass is 330 g/mol. The zero-order valence-electron chi connectivity index (χ0n) is 13.3. The SMILES string of the molecule is Cc1ccc2c(n1)oc1c(-c3cc4sc(C)cc4cn3)cccc12. The summed E-state index contributed by atoms with van der Waals surface area (Å²) in [5.74, 6) is 0. The quantitative estimate of drug-likeness (QED) is 0.385. The standard InChI is InChI=1S/C20H14N2OS/c1-11-6-7-15-14-4-3-5-16(19(14)23-20(15)22-11)17-9-18-13(10-21-17)8-12(2)24-18/h3-10H,1-2H3. The number of hydrogen-bond acceptors (Lipinski definition) is 4. The first-order valence-corrected chi connectivity index (χ1v) is 8.66. The van der Waals surface area contributed by atoms with Gasteiger partial charge >= 0.3 is 0 Å². The molecule has 5 aromatic rings. The molecule has 3 nitrogen and oxygen atoms in total. The first-order chi connectivity index (χ1) is 11.7. The van der Waals surface area contributed by atoms with Gasteiger partial charge in [0.2, 0.25) is 5.71 Å². The maximum atomic E-state index is 6.09. The van der Waals surface area contributed by atoms with E-state index in [1.54, 1.807) is 11.3 Å². The fourth-order valence-corrected chi connectivity index (χ4v) is 4.12. The number of hydrogen-bond donors (Lipinski definition) is 0. The average molecular weight is 330 g/mol. The summed E-state index contributed by atoms with van der Waals surface area (Å²) in [4.78, 5) is 10.5. The third kappa shape index (κ3) is 1.96. The Labute approximate surface area is 142 Å². The number of aryl methyl sites for hydroxylation is 2. The molecular formula is C20H14N2OS. The molecule has 0 unspecified atom stereocenters. The Balaban J connectivity index is 1.82. The van der Waals surface area contributed by atoms with Crippen molar-refractivity contribution in [3.8, 4) is 11.3 Å². The van der Waals surface area contributed by atoms with E-state index < -0.39 is 0 Å². The van der Waals surface area contributed by atoms with Crippen molar-refractivity contribution >= 4 is 43.5 Å². The maximum Gasteiger partial charge on any atom is 0.227 e. The van der Waals surface area contributed by atoms with Crippen LogP contribution in [0.3, 0.4) is 0 Å². The van der Waals surface area contributed by atoms with Gasteiger partial charge in [-0.2, -0.15) is 0 Å². The van der Waals surface area contributed by atoms with Gasteiger partial charge in [-0.25, -0.2) is 4.98 Å². The summed E-state index contributed by atoms with van der Waals surface area (Å²) >= 11 is 1.79. The Morgan fingerprint density at radius 1 is 1.00 bits per heavy atom. The van der Waals surface area contributed by atoms with Crippen LogP contribution < -0.4 is 0 Å². The minimum Gasteiger partial charge on any atom is -0.437 e. The van der Waals surface area contributed by atoms with Gasteiger partial charge in [-0.15, -0.1) is 11.3 Å². The molecule has 0 aliphatic heterocycles. The molecule has 116 valence electrons. The van der Waals surface area contributed by atoms with Crippen molar-refractivity contribution < 1.29 is 4.42 Å². The van der Waals surface area contributed by atoms with Crippen LogP contribution in [0.2, 0.25) is 0 Å². The molecule has 0 radical (unpaired) electrons. The van der Waals surface area contributed by atoms with Gasteiger partial charge in [0.15, 0.2) is 0 Å². The van der Waals surface area contributed by atoms with Crippen LogP contribution in [0, 0.1) is 13.8 Å². The number of pyridine rings is 2. The van der Waals surface area contributed by atoms with E-state index in [0.717, 1.165) is 33.3 Å². The third-order valence-corrected chi connectivity index (χ3v) is 5.32. The van der Waals surface area contributed by atoms with Crippen molar-refractivity contribution in [2.45, 2.75) is 13.8 Å². The van der Waals surface area contributed by atoms with Gasteiger partial charge in [-0.1, -0.05) is 12.1 Å². The lowest BCUT2D eigenvalue weighted by Crippen LogP contribution is -1.83. The van der Waals surface area contributed by atoms with Gasteiger partial charge in [0, 0.05) is 43.2 Å². The van der Waals surface area contributed by atoms with Crippen LogP contribution in [-0.2, 0) is 0 Å². The second kappa shape index (κ2) is 4.89. The Hall–Kier alpha value is -2.72. The van der Waals surface area contributed by atoms with Crippen molar-refractivity contribution in [2.24, 2.45) is 0 Å². The largest absolute Gasteiger partial charge is 0.437 e. The molecule has 0 amide bonds. The fraction of sp³-hybridized carbons (Fsp3) is 0.100. The summed E-state index contributed by atoms with van der Waals surface area (Å²) in [6, 6.07) is 14.6. The number of para-hydroxylation sites is 1. The highest BCUT2D eigenvalue weighted by molar-refractivity contribution is 7.19. The van der Waals surface area contributed by atoms with E-state index in [-0.39, 0.29) is 0 Å². The van der Waals surface area contributed by atoms with E-state index in [1.165, 1.54) is 15.0 Å². The van der Waals surface area contributed by atoms with Gasteiger partial charge in [0.25, 0.3) is 0 Å². The molecule has 0 aliphatic rings. The van der Waals surface area contributed by atoms with Crippen molar-refractivity contribution in [3.63, 3.8) is 0 Å². The zero-order chi connectivity index (χ0) is 16.3. The van der Waals surface area contributed by atoms with Gasteiger partial charge in [-0.05, 0) is 44.2 Å². The molecule has 24 heavy (non-hydrogen) atoms. The van der Waals surface area contributed by atoms with Gasteiger partial charge in [-0.3, -0.25) is 4.98 Å². The molecule has 0 spiro atoms. The molecule has 0 saturated carbocycles. The first kappa shape index (κ1) is 13.7. The third-order valence-electron chi connectivity index (χ3n) is 4.30. The number of furan rings is 1. The second-order valence-corrected chi connectivity index (χ2v) is 7.34. The van der Waals surface area contributed by atoms with E-state index in [1.807, 2.05) is 19.2 Å². The van der Waals surface area contributed by atoms with Crippen molar-refractivity contribution in [3.05, 3.63) is 59.2 Å². The lowest BCUT2D eigenvalue weighted by Gasteiger charge is -2.02. The smallest absolute Gasteiger partial charge is 0.227 e. The molecule has 1 aromatic carbocycles. The topological polar surface area (TPSA) is 38.9 Å². The molecule has 4 heterocycles. The summed E-state index contributed by atoms with van der Waals surface area (Å²) in [7, 11) is 0. The van der Waals surface area contributed by atoms with Crippen molar-refractivity contribution in [1.29, 1.82) is 0 Å². The minimum absolute atomic E-state index is 0.686. The predicted octanol–water partition coefficient (Wildman–Crippen LogP) is 5.87. The molecule has 0 saturated heterocycles. The van der Waals surface area contributed by atoms with E-state index >= 15 is 0 Å². The molecule has 0 N–H and O–H groups in total. The lowest BCUT2D eigenvalue weighted by atomic mass is 10.1. The van der Waals surface area contributed by atoms with E-state index in [0.29, 0.717) is 5.71 Å². The van der Waals surface area contributed by atoms with Crippen LogP contribution in [0.5, 0.6) is 0 Å². The summed E-state index contributed by atoms with van der Waals surface area (Å²) in [6.07, 6.45) is 1.94. The molecular weight excluding hydrogens is 316 g/mol. The highest BCUT2D eigenvalue weighted by Gasteiger charge is 2.14. The van der Waals surface area contributed by atoms with E-state index in [4.69, 9.17) is 4.42 Å². The molecule has 0 bridgehead atoms. The number of thiophene rings is 1. The summed E-state index contributed by atoms with van der Waals surface area (Å²) in [5, 5.41) is 3.32. The molecule has 0 fully saturated rings. The summed E-state index contributed by atoms with van der Waals surface area (Å²) in [5.41, 5.74) is 4.44. The Morgan fingerprint density at radius 2 is 1.92 bits per heavy atom. The Kier molecular flexibility index (Phi) is 2.79. The van der Waals surface area contributed by atoms with Gasteiger partial charge in [0.1, 0.15) is 5.58 Å². The molecule has 4 aromatic heterocycles. The van der Waals surface area contributed by atoms with Gasteiger partial charge < -0.3 is 4.42 Å². The Morgan fingerprint density at radius 3 is 2.83 bits per heavy atom. The number of aromatic nitrogens is 2. The average Bonchev–Trinajstić information content (AvgIpc) is 3.12. The lowest BCUT2D eigenvalue weighted by molar-refractivity contribution is 0.653.